The van der Waals surface area contributed by atoms with Crippen molar-refractivity contribution in [3.05, 3.63) is 64.6 Å². The lowest BCUT2D eigenvalue weighted by molar-refractivity contribution is 0.193. The van der Waals surface area contributed by atoms with Crippen LogP contribution in [0.4, 0.5) is 10.5 Å². The molecule has 1 heterocycles. The largest absolute Gasteiger partial charge is 0.495 e. The molecule has 5 nitrogen and oxygen atoms in total. The fourth-order valence-corrected chi connectivity index (χ4v) is 3.63. The summed E-state index contributed by atoms with van der Waals surface area (Å²) in [5.41, 5.74) is 2.63. The minimum atomic E-state index is -0.213. The Morgan fingerprint density at radius 2 is 2.11 bits per heavy atom. The van der Waals surface area contributed by atoms with Gasteiger partial charge in [0.25, 0.3) is 0 Å². The maximum Gasteiger partial charge on any atom is 0.322 e. The number of urea groups is 1. The van der Waals surface area contributed by atoms with E-state index in [1.165, 1.54) is 0 Å². The van der Waals surface area contributed by atoms with Crippen LogP contribution < -0.4 is 10.1 Å². The molecular weight excluding hydrogens is 394 g/mol. The quantitative estimate of drug-likeness (QED) is 0.544. The van der Waals surface area contributed by atoms with Crippen molar-refractivity contribution in [2.75, 3.05) is 12.4 Å². The summed E-state index contributed by atoms with van der Waals surface area (Å²) in [6.07, 6.45) is 1.79. The molecule has 0 spiro atoms. The molecule has 0 saturated heterocycles. The molecule has 3 rings (SSSR count). The van der Waals surface area contributed by atoms with E-state index in [9.17, 15) is 4.79 Å². The molecule has 0 saturated carbocycles. The van der Waals surface area contributed by atoms with Gasteiger partial charge in [-0.1, -0.05) is 29.8 Å². The zero-order chi connectivity index (χ0) is 20.1. The van der Waals surface area contributed by atoms with Gasteiger partial charge in [-0.25, -0.2) is 9.78 Å². The molecule has 0 aliphatic heterocycles. The molecular formula is C21H22ClN3O2S. The summed E-state index contributed by atoms with van der Waals surface area (Å²) in [4.78, 5) is 19.1. The van der Waals surface area contributed by atoms with Crippen LogP contribution in [-0.2, 0) is 6.54 Å². The maximum atomic E-state index is 13.0. The van der Waals surface area contributed by atoms with Gasteiger partial charge in [-0.3, -0.25) is 0 Å². The molecule has 0 atom stereocenters. The molecule has 146 valence electrons. The van der Waals surface area contributed by atoms with Gasteiger partial charge in [-0.05, 0) is 43.7 Å². The van der Waals surface area contributed by atoms with Crippen molar-refractivity contribution in [2.45, 2.75) is 26.4 Å². The normalized spacial score (nSPS) is 10.8. The molecule has 3 aromatic rings. The zero-order valence-electron chi connectivity index (χ0n) is 16.0. The average molecular weight is 416 g/mol. The van der Waals surface area contributed by atoms with E-state index in [0.717, 1.165) is 16.1 Å². The van der Waals surface area contributed by atoms with Crippen LogP contribution in [0.15, 0.2) is 54.0 Å². The van der Waals surface area contributed by atoms with E-state index in [-0.39, 0.29) is 12.1 Å². The summed E-state index contributed by atoms with van der Waals surface area (Å²) in [6.45, 7) is 4.45. The van der Waals surface area contributed by atoms with Crippen molar-refractivity contribution in [2.24, 2.45) is 0 Å². The summed E-state index contributed by atoms with van der Waals surface area (Å²) in [5.74, 6) is 0.562. The second kappa shape index (κ2) is 9.08. The molecule has 1 N–H and O–H groups in total. The standard InChI is InChI=1S/C21H22ClN3O2S/c1-14(2)25(21(26)24-18-12-17(22)7-8-19(18)27-3)13-15-5-4-6-16(11-15)20-23-9-10-28-20/h4-12,14H,13H2,1-3H3,(H,24,26). The summed E-state index contributed by atoms with van der Waals surface area (Å²) in [6, 6.07) is 13.0. The van der Waals surface area contributed by atoms with Crippen LogP contribution in [-0.4, -0.2) is 29.1 Å². The number of aromatic nitrogens is 1. The first-order valence-electron chi connectivity index (χ1n) is 8.88. The molecule has 1 aromatic heterocycles. The van der Waals surface area contributed by atoms with Crippen molar-refractivity contribution in [3.63, 3.8) is 0 Å². The summed E-state index contributed by atoms with van der Waals surface area (Å²) < 4.78 is 5.32. The molecule has 0 unspecified atom stereocenters. The van der Waals surface area contributed by atoms with Gasteiger partial charge in [0.2, 0.25) is 0 Å². The Kier molecular flexibility index (Phi) is 6.54. The minimum absolute atomic E-state index is 0.00805. The third-order valence-electron chi connectivity index (χ3n) is 4.25. The van der Waals surface area contributed by atoms with Crippen LogP contribution in [0.3, 0.4) is 0 Å². The highest BCUT2D eigenvalue weighted by atomic mass is 35.5. The molecule has 0 fully saturated rings. The van der Waals surface area contributed by atoms with Gasteiger partial charge in [0.15, 0.2) is 0 Å². The van der Waals surface area contributed by atoms with E-state index in [2.05, 4.69) is 16.4 Å². The molecule has 0 radical (unpaired) electrons. The number of thiazole rings is 1. The summed E-state index contributed by atoms with van der Waals surface area (Å²) >= 11 is 7.66. The topological polar surface area (TPSA) is 54.5 Å². The van der Waals surface area contributed by atoms with Gasteiger partial charge in [0, 0.05) is 34.7 Å². The first kappa shape index (κ1) is 20.2. The number of methoxy groups -OCH3 is 1. The van der Waals surface area contributed by atoms with E-state index in [0.29, 0.717) is 23.0 Å². The van der Waals surface area contributed by atoms with Crippen LogP contribution in [0.25, 0.3) is 10.6 Å². The van der Waals surface area contributed by atoms with Crippen molar-refractivity contribution >= 4 is 34.7 Å². The fourth-order valence-electron chi connectivity index (χ4n) is 2.82. The van der Waals surface area contributed by atoms with Crippen LogP contribution in [0.2, 0.25) is 5.02 Å². The van der Waals surface area contributed by atoms with E-state index < -0.39 is 0 Å². The predicted octanol–water partition coefficient (Wildman–Crippen LogP) is 5.91. The Morgan fingerprint density at radius 3 is 2.79 bits per heavy atom. The number of hydrogen-bond acceptors (Lipinski definition) is 4. The number of carbonyl (C=O) groups is 1. The van der Waals surface area contributed by atoms with Gasteiger partial charge < -0.3 is 15.0 Å². The summed E-state index contributed by atoms with van der Waals surface area (Å²) in [5, 5.41) is 6.36. The lowest BCUT2D eigenvalue weighted by Gasteiger charge is -2.27. The Bertz CT molecular complexity index is 945. The molecule has 7 heteroatoms. The second-order valence-corrected chi connectivity index (χ2v) is 7.87. The Balaban J connectivity index is 1.80. The molecule has 0 aliphatic carbocycles. The Morgan fingerprint density at radius 1 is 1.29 bits per heavy atom. The van der Waals surface area contributed by atoms with Crippen LogP contribution in [0.1, 0.15) is 19.4 Å². The number of nitrogens with one attached hydrogen (secondary N) is 1. The molecule has 2 aromatic carbocycles. The number of rotatable bonds is 6. The number of nitrogens with zero attached hydrogens (tertiary/aromatic N) is 2. The van der Waals surface area contributed by atoms with Crippen molar-refractivity contribution in [1.29, 1.82) is 0 Å². The molecule has 2 amide bonds. The SMILES string of the molecule is COc1ccc(Cl)cc1NC(=O)N(Cc1cccc(-c2nccs2)c1)C(C)C. The van der Waals surface area contributed by atoms with Crippen molar-refractivity contribution in [3.8, 4) is 16.3 Å². The van der Waals surface area contributed by atoms with Gasteiger partial charge in [-0.15, -0.1) is 11.3 Å². The number of hydrogen-bond donors (Lipinski definition) is 1. The van der Waals surface area contributed by atoms with Crippen molar-refractivity contribution < 1.29 is 9.53 Å². The Hall–Kier alpha value is -2.57. The maximum absolute atomic E-state index is 13.0. The first-order valence-corrected chi connectivity index (χ1v) is 10.1. The lowest BCUT2D eigenvalue weighted by Crippen LogP contribution is -2.39. The van der Waals surface area contributed by atoms with Crippen molar-refractivity contribution in [1.82, 2.24) is 9.88 Å². The van der Waals surface area contributed by atoms with Gasteiger partial charge in [0.05, 0.1) is 12.8 Å². The van der Waals surface area contributed by atoms with E-state index in [1.807, 2.05) is 37.4 Å². The smallest absolute Gasteiger partial charge is 0.322 e. The second-order valence-electron chi connectivity index (χ2n) is 6.53. The highest BCUT2D eigenvalue weighted by Gasteiger charge is 2.19. The van der Waals surface area contributed by atoms with E-state index >= 15 is 0 Å². The van der Waals surface area contributed by atoms with Gasteiger partial charge in [-0.2, -0.15) is 0 Å². The van der Waals surface area contributed by atoms with Gasteiger partial charge in [0.1, 0.15) is 10.8 Å². The average Bonchev–Trinajstić information content (AvgIpc) is 3.21. The van der Waals surface area contributed by atoms with Gasteiger partial charge >= 0.3 is 6.03 Å². The van der Waals surface area contributed by atoms with E-state index in [4.69, 9.17) is 16.3 Å². The lowest BCUT2D eigenvalue weighted by atomic mass is 10.1. The summed E-state index contributed by atoms with van der Waals surface area (Å²) in [7, 11) is 1.56. The monoisotopic (exact) mass is 415 g/mol. The number of anilines is 1. The third-order valence-corrected chi connectivity index (χ3v) is 5.30. The molecule has 28 heavy (non-hydrogen) atoms. The fraction of sp³-hybridized carbons (Fsp3) is 0.238. The molecule has 0 aliphatic rings. The van der Waals surface area contributed by atoms with Crippen LogP contribution in [0.5, 0.6) is 5.75 Å². The number of amides is 2. The third kappa shape index (κ3) is 4.82. The molecule has 0 bridgehead atoms. The highest BCUT2D eigenvalue weighted by molar-refractivity contribution is 7.13. The van der Waals surface area contributed by atoms with E-state index in [1.54, 1.807) is 47.7 Å². The zero-order valence-corrected chi connectivity index (χ0v) is 17.6. The first-order chi connectivity index (χ1) is 13.5. The van der Waals surface area contributed by atoms with Crippen LogP contribution in [0, 0.1) is 0 Å². The van der Waals surface area contributed by atoms with Crippen LogP contribution >= 0.6 is 22.9 Å². The number of halogens is 1. The number of carbonyl (C=O) groups excluding carboxylic acids is 1. The highest BCUT2D eigenvalue weighted by Crippen LogP contribution is 2.28. The predicted molar refractivity (Wildman–Crippen MR) is 115 cm³/mol. The minimum Gasteiger partial charge on any atom is -0.495 e. The number of benzene rings is 2. The number of ether oxygens (including phenoxy) is 1. The Labute approximate surface area is 173 Å².